The van der Waals surface area contributed by atoms with Gasteiger partial charge in [0.15, 0.2) is 12.4 Å². The summed E-state index contributed by atoms with van der Waals surface area (Å²) in [6.07, 6.45) is -4.89. The number of ether oxygens (including phenoxy) is 2. The van der Waals surface area contributed by atoms with Gasteiger partial charge in [-0.15, -0.1) is 0 Å². The maximum absolute atomic E-state index is 11.8. The topological polar surface area (TPSA) is 137 Å². The van der Waals surface area contributed by atoms with Crippen molar-refractivity contribution in [2.75, 3.05) is 6.61 Å². The zero-order valence-corrected chi connectivity index (χ0v) is 12.0. The third kappa shape index (κ3) is 4.27. The summed E-state index contributed by atoms with van der Waals surface area (Å²) < 4.78 is 9.86. The van der Waals surface area contributed by atoms with Gasteiger partial charge in [0.1, 0.15) is 24.1 Å². The van der Waals surface area contributed by atoms with Crippen molar-refractivity contribution < 1.29 is 39.8 Å². The highest BCUT2D eigenvalue weighted by Gasteiger charge is 2.45. The first-order chi connectivity index (χ1) is 10.9. The average Bonchev–Trinajstić information content (AvgIpc) is 2.54. The number of benzene rings is 1. The minimum atomic E-state index is -1.68. The Morgan fingerprint density at radius 3 is 2.43 bits per heavy atom. The first-order valence-electron chi connectivity index (χ1n) is 6.90. The number of carbonyl (C=O) groups is 1. The Balaban J connectivity index is 2.01. The van der Waals surface area contributed by atoms with Crippen molar-refractivity contribution in [3.05, 3.63) is 35.9 Å². The van der Waals surface area contributed by atoms with Crippen molar-refractivity contribution >= 4 is 12.0 Å². The molecular formula is C15H18O8. The third-order valence-corrected chi connectivity index (χ3v) is 3.40. The van der Waals surface area contributed by atoms with Crippen molar-refractivity contribution in [3.63, 3.8) is 0 Å². The van der Waals surface area contributed by atoms with Gasteiger partial charge in [-0.1, -0.05) is 12.1 Å². The second-order valence-corrected chi connectivity index (χ2v) is 5.06. The highest BCUT2D eigenvalue weighted by molar-refractivity contribution is 5.87. The molecule has 1 aliphatic heterocycles. The number of phenolic OH excluding ortho intramolecular Hbond substituents is 1. The van der Waals surface area contributed by atoms with Crippen LogP contribution in [-0.4, -0.2) is 68.8 Å². The van der Waals surface area contributed by atoms with E-state index in [0.29, 0.717) is 5.56 Å². The van der Waals surface area contributed by atoms with E-state index in [4.69, 9.17) is 19.7 Å². The molecule has 1 aromatic rings. The van der Waals surface area contributed by atoms with Gasteiger partial charge >= 0.3 is 5.97 Å². The highest BCUT2D eigenvalue weighted by Crippen LogP contribution is 2.22. The molecule has 8 nitrogen and oxygen atoms in total. The Hall–Kier alpha value is -1.97. The number of phenols is 1. The van der Waals surface area contributed by atoms with Crippen LogP contribution in [0.25, 0.3) is 6.08 Å². The number of aliphatic hydroxyl groups excluding tert-OH is 4. The summed E-state index contributed by atoms with van der Waals surface area (Å²) in [6.45, 7) is -0.611. The predicted molar refractivity (Wildman–Crippen MR) is 77.0 cm³/mol. The van der Waals surface area contributed by atoms with Crippen LogP contribution in [0, 0.1) is 0 Å². The summed E-state index contributed by atoms with van der Waals surface area (Å²) in [5.41, 5.74) is 0.634. The number of hydrogen-bond acceptors (Lipinski definition) is 8. The van der Waals surface area contributed by atoms with E-state index in [1.165, 1.54) is 18.2 Å². The van der Waals surface area contributed by atoms with Crippen molar-refractivity contribution in [1.82, 2.24) is 0 Å². The van der Waals surface area contributed by atoms with E-state index in [1.54, 1.807) is 12.1 Å². The zero-order chi connectivity index (χ0) is 17.0. The molecule has 0 spiro atoms. The SMILES string of the molecule is O=C(C=Cc1ccc(O)cc1)OC1C(CO)OC(O)C(O)C1O. The number of aromatic hydroxyl groups is 1. The minimum Gasteiger partial charge on any atom is -0.508 e. The monoisotopic (exact) mass is 326 g/mol. The molecule has 0 amide bonds. The summed E-state index contributed by atoms with van der Waals surface area (Å²) in [7, 11) is 0. The molecule has 0 aromatic heterocycles. The average molecular weight is 326 g/mol. The highest BCUT2D eigenvalue weighted by atomic mass is 16.7. The Labute approximate surface area is 131 Å². The van der Waals surface area contributed by atoms with Gasteiger partial charge in [0.25, 0.3) is 0 Å². The van der Waals surface area contributed by atoms with E-state index in [2.05, 4.69) is 0 Å². The molecule has 1 aromatic carbocycles. The number of aliphatic hydroxyl groups is 4. The Kier molecular flexibility index (Phi) is 5.69. The van der Waals surface area contributed by atoms with Crippen LogP contribution in [0.3, 0.4) is 0 Å². The molecule has 5 atom stereocenters. The van der Waals surface area contributed by atoms with Gasteiger partial charge in [-0.3, -0.25) is 0 Å². The summed E-state index contributed by atoms with van der Waals surface area (Å²) in [5.74, 6) is -0.738. The molecule has 2 rings (SSSR count). The molecule has 5 N–H and O–H groups in total. The van der Waals surface area contributed by atoms with Gasteiger partial charge in [-0.25, -0.2) is 4.79 Å². The van der Waals surface area contributed by atoms with Gasteiger partial charge in [0.05, 0.1) is 6.61 Å². The van der Waals surface area contributed by atoms with Crippen LogP contribution in [0.15, 0.2) is 30.3 Å². The van der Waals surface area contributed by atoms with Gasteiger partial charge in [0, 0.05) is 6.08 Å². The summed E-state index contributed by atoms with van der Waals surface area (Å²) in [4.78, 5) is 11.8. The molecule has 8 heteroatoms. The van der Waals surface area contributed by atoms with Crippen molar-refractivity contribution in [1.29, 1.82) is 0 Å². The minimum absolute atomic E-state index is 0.0885. The van der Waals surface area contributed by atoms with E-state index in [9.17, 15) is 20.1 Å². The van der Waals surface area contributed by atoms with Gasteiger partial charge in [-0.2, -0.15) is 0 Å². The van der Waals surface area contributed by atoms with E-state index >= 15 is 0 Å². The van der Waals surface area contributed by atoms with E-state index in [0.717, 1.165) is 6.08 Å². The molecule has 1 aliphatic rings. The molecule has 0 saturated carbocycles. The molecule has 1 heterocycles. The van der Waals surface area contributed by atoms with E-state index in [-0.39, 0.29) is 5.75 Å². The lowest BCUT2D eigenvalue weighted by molar-refractivity contribution is -0.289. The fourth-order valence-electron chi connectivity index (χ4n) is 2.14. The summed E-state index contributed by atoms with van der Waals surface area (Å²) in [6, 6.07) is 6.05. The van der Waals surface area contributed by atoms with Crippen LogP contribution >= 0.6 is 0 Å². The van der Waals surface area contributed by atoms with Crippen LogP contribution in [0.5, 0.6) is 5.75 Å². The maximum Gasteiger partial charge on any atom is 0.331 e. The van der Waals surface area contributed by atoms with Crippen LogP contribution in [0.4, 0.5) is 0 Å². The van der Waals surface area contributed by atoms with Crippen LogP contribution in [-0.2, 0) is 14.3 Å². The molecule has 0 aliphatic carbocycles. The smallest absolute Gasteiger partial charge is 0.331 e. The second-order valence-electron chi connectivity index (χ2n) is 5.06. The molecule has 0 radical (unpaired) electrons. The normalized spacial score (nSPS) is 31.2. The lowest BCUT2D eigenvalue weighted by atomic mass is 9.99. The summed E-state index contributed by atoms with van der Waals surface area (Å²) in [5, 5.41) is 47.1. The molecular weight excluding hydrogens is 308 g/mol. The Morgan fingerprint density at radius 1 is 1.17 bits per heavy atom. The quantitative estimate of drug-likeness (QED) is 0.342. The third-order valence-electron chi connectivity index (χ3n) is 3.40. The van der Waals surface area contributed by atoms with Gasteiger partial charge in [0.2, 0.25) is 0 Å². The van der Waals surface area contributed by atoms with Crippen molar-refractivity contribution in [2.24, 2.45) is 0 Å². The fraction of sp³-hybridized carbons (Fsp3) is 0.400. The molecule has 0 bridgehead atoms. The van der Waals surface area contributed by atoms with Crippen molar-refractivity contribution in [2.45, 2.75) is 30.7 Å². The zero-order valence-electron chi connectivity index (χ0n) is 12.0. The van der Waals surface area contributed by atoms with Crippen LogP contribution in [0.1, 0.15) is 5.56 Å². The molecule has 1 fully saturated rings. The lowest BCUT2D eigenvalue weighted by Crippen LogP contribution is -2.59. The van der Waals surface area contributed by atoms with E-state index in [1.807, 2.05) is 0 Å². The lowest BCUT2D eigenvalue weighted by Gasteiger charge is -2.39. The number of esters is 1. The van der Waals surface area contributed by atoms with Crippen LogP contribution < -0.4 is 0 Å². The number of hydrogen-bond donors (Lipinski definition) is 5. The molecule has 23 heavy (non-hydrogen) atoms. The fourth-order valence-corrected chi connectivity index (χ4v) is 2.14. The Bertz CT molecular complexity index is 553. The molecule has 1 saturated heterocycles. The first kappa shape index (κ1) is 17.4. The van der Waals surface area contributed by atoms with Gasteiger partial charge < -0.3 is 35.0 Å². The van der Waals surface area contributed by atoms with E-state index < -0.39 is 43.3 Å². The number of carbonyl (C=O) groups excluding carboxylic acids is 1. The summed E-state index contributed by atoms with van der Waals surface area (Å²) >= 11 is 0. The Morgan fingerprint density at radius 2 is 1.83 bits per heavy atom. The second kappa shape index (κ2) is 7.53. The predicted octanol–water partition coefficient (Wildman–Crippen LogP) is -1.25. The molecule has 126 valence electrons. The van der Waals surface area contributed by atoms with Crippen LogP contribution in [0.2, 0.25) is 0 Å². The largest absolute Gasteiger partial charge is 0.508 e. The molecule has 5 unspecified atom stereocenters. The first-order valence-corrected chi connectivity index (χ1v) is 6.90. The van der Waals surface area contributed by atoms with Crippen molar-refractivity contribution in [3.8, 4) is 5.75 Å². The number of rotatable bonds is 4. The van der Waals surface area contributed by atoms with Gasteiger partial charge in [-0.05, 0) is 23.8 Å². The standard InChI is InChI=1S/C15H18O8/c16-7-10-14(12(19)13(20)15(21)22-10)23-11(18)6-3-8-1-4-9(17)5-2-8/h1-6,10,12-17,19-21H,7H2. The maximum atomic E-state index is 11.8.